The quantitative estimate of drug-likeness (QED) is 0.0156. The Labute approximate surface area is 618 Å². The van der Waals surface area contributed by atoms with Gasteiger partial charge in [-0.1, -0.05) is 219 Å². The van der Waals surface area contributed by atoms with Crippen LogP contribution in [0.3, 0.4) is 0 Å². The van der Waals surface area contributed by atoms with E-state index in [-0.39, 0.29) is 70.0 Å². The molecule has 0 saturated carbocycles. The minimum absolute atomic E-state index is 0.0101. The zero-order valence-electron chi connectivity index (χ0n) is 66.5. The van der Waals surface area contributed by atoms with Crippen LogP contribution >= 0.6 is 15.6 Å². The van der Waals surface area contributed by atoms with Gasteiger partial charge in [-0.25, -0.2) is 9.13 Å². The monoisotopic (exact) mass is 1480 g/mol. The minimum atomic E-state index is -4.44. The van der Waals surface area contributed by atoms with Crippen LogP contribution in [0.1, 0.15) is 302 Å². The topological polar surface area (TPSA) is 252 Å². The van der Waals surface area contributed by atoms with Gasteiger partial charge >= 0.3 is 39.5 Å². The molecular formula is C79H140N2O19P2+2. The lowest BCUT2D eigenvalue weighted by atomic mass is 10.0. The number of ether oxygens (including phenoxy) is 6. The third-order valence-electron chi connectivity index (χ3n) is 17.5. The van der Waals surface area contributed by atoms with Crippen LogP contribution in [0, 0.1) is 0 Å². The molecule has 0 aliphatic rings. The highest BCUT2D eigenvalue weighted by Crippen LogP contribution is 2.44. The van der Waals surface area contributed by atoms with Crippen molar-refractivity contribution in [1.29, 1.82) is 0 Å². The van der Waals surface area contributed by atoms with Crippen molar-refractivity contribution in [3.63, 3.8) is 0 Å². The smallest absolute Gasteiger partial charge is 0.472 e. The van der Waals surface area contributed by atoms with Crippen LogP contribution in [0.5, 0.6) is 11.5 Å². The van der Waals surface area contributed by atoms with E-state index in [0.717, 1.165) is 128 Å². The highest BCUT2D eigenvalue weighted by Gasteiger charge is 2.29. The first kappa shape index (κ1) is 90.1. The Morgan fingerprint density at radius 3 is 0.922 bits per heavy atom. The average Bonchev–Trinajstić information content (AvgIpc) is 0.823. The van der Waals surface area contributed by atoms with Gasteiger partial charge in [0.15, 0.2) is 18.0 Å². The second kappa shape index (κ2) is 58.9. The number of hydrogen-bond acceptors (Lipinski definition) is 17. The molecule has 0 aromatic heterocycles. The zero-order valence-corrected chi connectivity index (χ0v) is 66.3. The van der Waals surface area contributed by atoms with Crippen LogP contribution in [-0.4, -0.2) is 169 Å². The number of carbonyl (C=O) groups is 5. The summed E-state index contributed by atoms with van der Waals surface area (Å²) in [5, 5.41) is 0. The van der Waals surface area contributed by atoms with Crippen LogP contribution in [0.25, 0.3) is 0 Å². The maximum absolute atomic E-state index is 13.4. The second-order valence-corrected chi connectivity index (χ2v) is 32.4. The van der Waals surface area contributed by atoms with Gasteiger partial charge in [0.25, 0.3) is 0 Å². The Kier molecular flexibility index (Phi) is 52.0. The van der Waals surface area contributed by atoms with E-state index in [2.05, 4.69) is 13.8 Å². The molecule has 588 valence electrons. The van der Waals surface area contributed by atoms with Gasteiger partial charge < -0.3 is 47.2 Å². The maximum atomic E-state index is 13.4. The van der Waals surface area contributed by atoms with Crippen molar-refractivity contribution in [3.05, 3.63) is 59.6 Å². The fourth-order valence-corrected chi connectivity index (χ4v) is 12.6. The lowest BCUT2D eigenvalue weighted by Gasteiger charge is -2.24. The lowest BCUT2D eigenvalue weighted by molar-refractivity contribution is -0.870. The number of esters is 4. The van der Waals surface area contributed by atoms with E-state index in [1.54, 1.807) is 24.3 Å². The van der Waals surface area contributed by atoms with Crippen LogP contribution in [-0.2, 0) is 65.4 Å². The van der Waals surface area contributed by atoms with E-state index in [4.69, 9.17) is 49.3 Å². The van der Waals surface area contributed by atoms with Crippen molar-refractivity contribution in [2.75, 3.05) is 108 Å². The van der Waals surface area contributed by atoms with Crippen molar-refractivity contribution in [2.45, 2.75) is 296 Å². The Bertz CT molecular complexity index is 2540. The third kappa shape index (κ3) is 56.1. The summed E-state index contributed by atoms with van der Waals surface area (Å²) in [4.78, 5) is 85.0. The first-order valence-electron chi connectivity index (χ1n) is 40.3. The molecule has 102 heavy (non-hydrogen) atoms. The molecule has 0 fully saturated rings. The standard InChI is InChI=1S/C79H138N2O19P2/c1-9-11-13-15-17-19-21-23-31-37-43-49-77(84)99-73(67-97-101(87,88)95-63-59-80(3,4)5)65-93-75(82)47-41-35-29-25-27-33-39-45-61-91-71-55-51-69(52-56-71)79(86)70-53-57-72(58-54-70)92-62-46-40-34-28-26-30-36-42-48-76(83)94-66-74(68-98-102(89,90)96-64-60-81(6,7)8)100-78(85)50-44-38-32-24-22-20-18-16-14-12-10-2/h51-58,73-74H,9-50,59-68H2,1-8H3/p+2/t73-,74-/m1/s1/i55D,57D. The molecule has 0 heterocycles. The third-order valence-corrected chi connectivity index (χ3v) is 19.4. The highest BCUT2D eigenvalue weighted by molar-refractivity contribution is 7.47. The Morgan fingerprint density at radius 1 is 0.363 bits per heavy atom. The molecule has 0 bridgehead atoms. The number of quaternary nitrogens is 2. The summed E-state index contributed by atoms with van der Waals surface area (Å²) >= 11 is 0. The SMILES string of the molecule is [2H]c1cc(C(=O)c2ccc(OCCCCCCCCCCC(=O)OC[C@H](COP(=O)(O)OCC[N+](C)(C)C)OC(=O)CCCCCCCCCCCCC)c([2H])c2)ccc1OCCCCCCCCCCC(=O)OC[C@H](COP(=O)(O)OCC[N+](C)(C)C)OC(=O)CCCCCCCCCCCCC. The predicted molar refractivity (Wildman–Crippen MR) is 404 cm³/mol. The Morgan fingerprint density at radius 2 is 0.637 bits per heavy atom. The average molecular weight is 1490 g/mol. The van der Waals surface area contributed by atoms with Crippen LogP contribution in [0.15, 0.2) is 48.5 Å². The fourth-order valence-electron chi connectivity index (χ4n) is 11.1. The minimum Gasteiger partial charge on any atom is -0.494 e. The Balaban J connectivity index is 1.63. The molecule has 2 aromatic carbocycles. The van der Waals surface area contributed by atoms with Crippen molar-refractivity contribution in [3.8, 4) is 11.5 Å². The van der Waals surface area contributed by atoms with Gasteiger partial charge in [0.05, 0.1) is 71.5 Å². The molecule has 21 nitrogen and oxygen atoms in total. The van der Waals surface area contributed by atoms with Gasteiger partial charge in [0.1, 0.15) is 51.0 Å². The summed E-state index contributed by atoms with van der Waals surface area (Å²) in [5.74, 6) is -1.36. The van der Waals surface area contributed by atoms with Gasteiger partial charge in [-0.05, 0) is 87.0 Å². The van der Waals surface area contributed by atoms with Gasteiger partial charge in [-0.2, -0.15) is 0 Å². The van der Waals surface area contributed by atoms with E-state index in [1.165, 1.54) is 102 Å². The molecule has 0 aliphatic carbocycles. The number of phosphoric acid groups is 2. The van der Waals surface area contributed by atoms with Crippen LogP contribution < -0.4 is 9.47 Å². The molecule has 0 spiro atoms. The first-order chi connectivity index (χ1) is 49.7. The molecule has 2 rings (SSSR count). The summed E-state index contributed by atoms with van der Waals surface area (Å²) in [7, 11) is 2.68. The molecule has 23 heteroatoms. The number of phosphoric ester groups is 2. The number of benzene rings is 2. The number of ketones is 1. The van der Waals surface area contributed by atoms with Crippen molar-refractivity contribution in [2.24, 2.45) is 0 Å². The van der Waals surface area contributed by atoms with E-state index >= 15 is 0 Å². The van der Waals surface area contributed by atoms with Crippen molar-refractivity contribution < 1.29 is 101 Å². The van der Waals surface area contributed by atoms with E-state index in [9.17, 15) is 42.9 Å². The van der Waals surface area contributed by atoms with E-state index < -0.39 is 64.9 Å². The molecule has 0 aliphatic heterocycles. The van der Waals surface area contributed by atoms with E-state index in [1.807, 2.05) is 42.3 Å². The number of nitrogens with zero attached hydrogens (tertiary/aromatic N) is 2. The molecular weight excluding hydrogens is 1340 g/mol. The van der Waals surface area contributed by atoms with Gasteiger partial charge in [0, 0.05) is 36.8 Å². The molecule has 2 unspecified atom stereocenters. The molecule has 0 saturated heterocycles. The maximum Gasteiger partial charge on any atom is 0.472 e. The lowest BCUT2D eigenvalue weighted by Crippen LogP contribution is -2.37. The number of likely N-dealkylation sites (N-methyl/N-ethyl adjacent to an activating group) is 2. The van der Waals surface area contributed by atoms with Gasteiger partial charge in [-0.15, -0.1) is 0 Å². The van der Waals surface area contributed by atoms with E-state index in [0.29, 0.717) is 83.6 Å². The number of hydrogen-bond donors (Lipinski definition) is 2. The van der Waals surface area contributed by atoms with Gasteiger partial charge in [0.2, 0.25) is 0 Å². The van der Waals surface area contributed by atoms with Crippen molar-refractivity contribution in [1.82, 2.24) is 0 Å². The fraction of sp³-hybridized carbons (Fsp3) is 0.785. The number of rotatable bonds is 70. The summed E-state index contributed by atoms with van der Waals surface area (Å²) in [6, 6.07) is 9.73. The molecule has 0 radical (unpaired) electrons. The normalized spacial score (nSPS) is 13.9. The predicted octanol–water partition coefficient (Wildman–Crippen LogP) is 18.7. The highest BCUT2D eigenvalue weighted by atomic mass is 31.2. The van der Waals surface area contributed by atoms with Crippen LogP contribution in [0.2, 0.25) is 0 Å². The molecule has 0 amide bonds. The zero-order chi connectivity index (χ0) is 76.6. The second-order valence-electron chi connectivity index (χ2n) is 29.4. The summed E-state index contributed by atoms with van der Waals surface area (Å²) < 4.78 is 97.9. The molecule has 2 aromatic rings. The molecule has 2 N–H and O–H groups in total. The van der Waals surface area contributed by atoms with Crippen molar-refractivity contribution >= 4 is 45.3 Å². The summed E-state index contributed by atoms with van der Waals surface area (Å²) in [6.45, 7) is 4.72. The first-order valence-corrected chi connectivity index (χ1v) is 42.3. The summed E-state index contributed by atoms with van der Waals surface area (Å²) in [6.07, 6.45) is 38.3. The van der Waals surface area contributed by atoms with Gasteiger partial charge in [-0.3, -0.25) is 42.1 Å². The Hall–Kier alpha value is -4.27. The largest absolute Gasteiger partial charge is 0.494 e. The molecule has 4 atom stereocenters. The number of carbonyl (C=O) groups excluding carboxylic acids is 5. The van der Waals surface area contributed by atoms with Crippen LogP contribution in [0.4, 0.5) is 0 Å². The number of unbranched alkanes of at least 4 members (excludes halogenated alkanes) is 34. The summed E-state index contributed by atoms with van der Waals surface area (Å²) in [5.41, 5.74) is 0.650.